The van der Waals surface area contributed by atoms with Crippen molar-refractivity contribution in [1.29, 1.82) is 0 Å². The molecule has 1 aromatic heterocycles. The number of methoxy groups -OCH3 is 1. The molecule has 0 saturated heterocycles. The Hall–Kier alpha value is -3.81. The molecule has 0 radical (unpaired) electrons. The van der Waals surface area contributed by atoms with E-state index in [0.717, 1.165) is 0 Å². The van der Waals surface area contributed by atoms with E-state index in [1.807, 2.05) is 6.07 Å². The van der Waals surface area contributed by atoms with E-state index in [-0.39, 0.29) is 23.4 Å². The lowest BCUT2D eigenvalue weighted by Gasteiger charge is -2.17. The maximum atomic E-state index is 12.6. The van der Waals surface area contributed by atoms with Crippen LogP contribution in [-0.4, -0.2) is 41.0 Å². The quantitative estimate of drug-likeness (QED) is 0.642. The van der Waals surface area contributed by atoms with Crippen LogP contribution in [0.2, 0.25) is 0 Å². The molecule has 1 N–H and O–H groups in total. The lowest BCUT2D eigenvalue weighted by atomic mass is 10.1. The fourth-order valence-electron chi connectivity index (χ4n) is 2.66. The van der Waals surface area contributed by atoms with Crippen molar-refractivity contribution in [2.24, 2.45) is 0 Å². The standard InChI is InChI=1S/C21H19N3O5/c1-3-18(19(25)24-14-9-5-4-8-13(14)20(26)28-2)29-21(27)17-12-22-15-10-6-7-11-16(15)23-17/h4-12,18H,3H2,1-2H3,(H,24,25). The number of rotatable bonds is 6. The molecule has 8 nitrogen and oxygen atoms in total. The Kier molecular flexibility index (Phi) is 6.13. The third-order valence-electron chi connectivity index (χ3n) is 4.16. The molecule has 8 heteroatoms. The summed E-state index contributed by atoms with van der Waals surface area (Å²) in [7, 11) is 1.25. The first-order chi connectivity index (χ1) is 14.0. The van der Waals surface area contributed by atoms with Gasteiger partial charge in [0.05, 0.1) is 35.6 Å². The predicted octanol–water partition coefficient (Wildman–Crippen LogP) is 2.99. The van der Waals surface area contributed by atoms with Gasteiger partial charge in [-0.15, -0.1) is 0 Å². The number of fused-ring (bicyclic) bond motifs is 1. The molecule has 2 aromatic carbocycles. The Labute approximate surface area is 166 Å². The summed E-state index contributed by atoms with van der Waals surface area (Å²) in [6.07, 6.45) is 0.474. The van der Waals surface area contributed by atoms with Crippen LogP contribution in [0.1, 0.15) is 34.2 Å². The molecule has 0 aliphatic rings. The molecule has 0 bridgehead atoms. The second kappa shape index (κ2) is 8.92. The predicted molar refractivity (Wildman–Crippen MR) is 105 cm³/mol. The SMILES string of the molecule is CCC(OC(=O)c1cnc2ccccc2n1)C(=O)Nc1ccccc1C(=O)OC. The van der Waals surface area contributed by atoms with Crippen molar-refractivity contribution >= 4 is 34.6 Å². The number of hydrogen-bond donors (Lipinski definition) is 1. The number of hydrogen-bond acceptors (Lipinski definition) is 7. The van der Waals surface area contributed by atoms with Gasteiger partial charge in [-0.1, -0.05) is 31.2 Å². The molecule has 0 saturated carbocycles. The van der Waals surface area contributed by atoms with Crippen molar-refractivity contribution in [2.75, 3.05) is 12.4 Å². The van der Waals surface area contributed by atoms with Gasteiger partial charge < -0.3 is 14.8 Å². The van der Waals surface area contributed by atoms with Gasteiger partial charge in [0.2, 0.25) is 0 Å². The van der Waals surface area contributed by atoms with Gasteiger partial charge in [-0.05, 0) is 30.7 Å². The zero-order valence-corrected chi connectivity index (χ0v) is 15.9. The van der Waals surface area contributed by atoms with E-state index in [2.05, 4.69) is 15.3 Å². The van der Waals surface area contributed by atoms with Gasteiger partial charge in [0.1, 0.15) is 0 Å². The first-order valence-corrected chi connectivity index (χ1v) is 8.94. The van der Waals surface area contributed by atoms with Crippen LogP contribution in [0.25, 0.3) is 11.0 Å². The van der Waals surface area contributed by atoms with E-state index in [1.165, 1.54) is 19.4 Å². The van der Waals surface area contributed by atoms with Crippen LogP contribution in [0.4, 0.5) is 5.69 Å². The number of para-hydroxylation sites is 3. The van der Waals surface area contributed by atoms with Crippen LogP contribution >= 0.6 is 0 Å². The average molecular weight is 393 g/mol. The lowest BCUT2D eigenvalue weighted by molar-refractivity contribution is -0.124. The zero-order chi connectivity index (χ0) is 20.8. The third kappa shape index (κ3) is 4.55. The Morgan fingerprint density at radius 1 is 1.00 bits per heavy atom. The van der Waals surface area contributed by atoms with Gasteiger partial charge in [-0.25, -0.2) is 14.6 Å². The minimum absolute atomic E-state index is 0.00455. The summed E-state index contributed by atoms with van der Waals surface area (Å²) in [6, 6.07) is 13.5. The largest absolute Gasteiger partial charge is 0.465 e. The molecule has 3 aromatic rings. The highest BCUT2D eigenvalue weighted by Crippen LogP contribution is 2.18. The normalized spacial score (nSPS) is 11.5. The summed E-state index contributed by atoms with van der Waals surface area (Å²) in [4.78, 5) is 45.3. The molecule has 3 rings (SSSR count). The molecule has 1 atom stereocenters. The first kappa shape index (κ1) is 19.9. The van der Waals surface area contributed by atoms with Crippen molar-refractivity contribution in [3.63, 3.8) is 0 Å². The van der Waals surface area contributed by atoms with Gasteiger partial charge in [0, 0.05) is 0 Å². The molecule has 0 aliphatic carbocycles. The summed E-state index contributed by atoms with van der Waals surface area (Å²) >= 11 is 0. The Morgan fingerprint density at radius 3 is 2.41 bits per heavy atom. The number of anilines is 1. The second-order valence-corrected chi connectivity index (χ2v) is 6.07. The number of carbonyl (C=O) groups excluding carboxylic acids is 3. The van der Waals surface area contributed by atoms with Crippen molar-refractivity contribution in [3.05, 3.63) is 66.0 Å². The molecule has 0 fully saturated rings. The highest BCUT2D eigenvalue weighted by Gasteiger charge is 2.24. The fraction of sp³-hybridized carbons (Fsp3) is 0.190. The number of nitrogens with one attached hydrogen (secondary N) is 1. The van der Waals surface area contributed by atoms with Gasteiger partial charge >= 0.3 is 11.9 Å². The van der Waals surface area contributed by atoms with Crippen LogP contribution < -0.4 is 5.32 Å². The molecule has 148 valence electrons. The monoisotopic (exact) mass is 393 g/mol. The smallest absolute Gasteiger partial charge is 0.359 e. The number of ether oxygens (including phenoxy) is 2. The molecule has 0 spiro atoms. The molecule has 1 heterocycles. The molecule has 0 aliphatic heterocycles. The maximum Gasteiger partial charge on any atom is 0.359 e. The Morgan fingerprint density at radius 2 is 1.69 bits per heavy atom. The number of aromatic nitrogens is 2. The third-order valence-corrected chi connectivity index (χ3v) is 4.16. The van der Waals surface area contributed by atoms with Crippen molar-refractivity contribution in [2.45, 2.75) is 19.4 Å². The van der Waals surface area contributed by atoms with Crippen LogP contribution in [0.3, 0.4) is 0 Å². The molecule has 1 unspecified atom stereocenters. The molecule has 1 amide bonds. The second-order valence-electron chi connectivity index (χ2n) is 6.07. The molecular formula is C21H19N3O5. The highest BCUT2D eigenvalue weighted by molar-refractivity contribution is 6.03. The van der Waals surface area contributed by atoms with Gasteiger partial charge in [0.25, 0.3) is 5.91 Å². The number of nitrogens with zero attached hydrogens (tertiary/aromatic N) is 2. The topological polar surface area (TPSA) is 107 Å². The van der Waals surface area contributed by atoms with Crippen molar-refractivity contribution < 1.29 is 23.9 Å². The Bertz CT molecular complexity index is 1070. The average Bonchev–Trinajstić information content (AvgIpc) is 2.76. The van der Waals surface area contributed by atoms with E-state index in [0.29, 0.717) is 11.0 Å². The van der Waals surface area contributed by atoms with Crippen LogP contribution in [0, 0.1) is 0 Å². The summed E-state index contributed by atoms with van der Waals surface area (Å²) in [5.41, 5.74) is 1.67. The van der Waals surface area contributed by atoms with E-state index in [9.17, 15) is 14.4 Å². The maximum absolute atomic E-state index is 12.6. The van der Waals surface area contributed by atoms with Crippen molar-refractivity contribution in [3.8, 4) is 0 Å². The number of benzene rings is 2. The van der Waals surface area contributed by atoms with E-state index >= 15 is 0 Å². The first-order valence-electron chi connectivity index (χ1n) is 8.94. The Balaban J connectivity index is 1.74. The van der Waals surface area contributed by atoms with E-state index < -0.39 is 23.9 Å². The van der Waals surface area contributed by atoms with Gasteiger partial charge in [-0.3, -0.25) is 9.78 Å². The van der Waals surface area contributed by atoms with E-state index in [4.69, 9.17) is 9.47 Å². The number of esters is 2. The molecule has 29 heavy (non-hydrogen) atoms. The highest BCUT2D eigenvalue weighted by atomic mass is 16.5. The minimum atomic E-state index is -1.07. The summed E-state index contributed by atoms with van der Waals surface area (Å²) in [6.45, 7) is 1.70. The van der Waals surface area contributed by atoms with E-state index in [1.54, 1.807) is 43.3 Å². The fourth-order valence-corrected chi connectivity index (χ4v) is 2.66. The van der Waals surface area contributed by atoms with Gasteiger partial charge in [0.15, 0.2) is 11.8 Å². The molecular weight excluding hydrogens is 374 g/mol. The number of carbonyl (C=O) groups is 3. The lowest BCUT2D eigenvalue weighted by Crippen LogP contribution is -2.32. The van der Waals surface area contributed by atoms with Crippen LogP contribution in [0.5, 0.6) is 0 Å². The summed E-state index contributed by atoms with van der Waals surface area (Å²) < 4.78 is 10.0. The number of amides is 1. The minimum Gasteiger partial charge on any atom is -0.465 e. The van der Waals surface area contributed by atoms with Crippen molar-refractivity contribution in [1.82, 2.24) is 9.97 Å². The zero-order valence-electron chi connectivity index (χ0n) is 15.9. The van der Waals surface area contributed by atoms with Gasteiger partial charge in [-0.2, -0.15) is 0 Å². The van der Waals surface area contributed by atoms with Crippen LogP contribution in [0.15, 0.2) is 54.7 Å². The summed E-state index contributed by atoms with van der Waals surface area (Å²) in [5.74, 6) is -1.91. The van der Waals surface area contributed by atoms with Crippen LogP contribution in [-0.2, 0) is 14.3 Å². The summed E-state index contributed by atoms with van der Waals surface area (Å²) in [5, 5.41) is 2.61.